The number of benzene rings is 1. The molecule has 106 valence electrons. The second-order valence-corrected chi connectivity index (χ2v) is 5.60. The van der Waals surface area contributed by atoms with Crippen LogP contribution in [0.25, 0.3) is 0 Å². The third-order valence-corrected chi connectivity index (χ3v) is 2.88. The van der Waals surface area contributed by atoms with Crippen LogP contribution in [-0.2, 0) is 10.0 Å². The molecule has 19 heavy (non-hydrogen) atoms. The summed E-state index contributed by atoms with van der Waals surface area (Å²) in [5.74, 6) is 0.354. The zero-order valence-electron chi connectivity index (χ0n) is 10.5. The maximum atomic E-state index is 10.8. The topological polar surface area (TPSA) is 111 Å². The number of sulfonamides is 1. The molecule has 0 heterocycles. The van der Waals surface area contributed by atoms with Gasteiger partial charge in [-0.25, -0.2) is 13.1 Å². The largest absolute Gasteiger partial charge is 0.496 e. The average molecular weight is 289 g/mol. The number of non-ortho nitro benzene ring substituents is 1. The molecule has 0 aliphatic rings. The van der Waals surface area contributed by atoms with Gasteiger partial charge in [0, 0.05) is 30.9 Å². The predicted molar refractivity (Wildman–Crippen MR) is 71.0 cm³/mol. The molecule has 0 amide bonds. The normalized spacial score (nSPS) is 11.1. The van der Waals surface area contributed by atoms with Crippen molar-refractivity contribution in [3.63, 3.8) is 0 Å². The fourth-order valence-electron chi connectivity index (χ4n) is 1.35. The van der Waals surface area contributed by atoms with Crippen LogP contribution in [0, 0.1) is 10.1 Å². The Morgan fingerprint density at radius 2 is 2.00 bits per heavy atom. The van der Waals surface area contributed by atoms with Crippen molar-refractivity contribution >= 4 is 21.4 Å². The number of rotatable bonds is 7. The van der Waals surface area contributed by atoms with E-state index in [1.54, 1.807) is 6.07 Å². The Bertz CT molecular complexity index is 558. The van der Waals surface area contributed by atoms with Gasteiger partial charge in [0.05, 0.1) is 24.4 Å². The van der Waals surface area contributed by atoms with E-state index in [2.05, 4.69) is 10.0 Å². The molecule has 1 aromatic carbocycles. The van der Waals surface area contributed by atoms with E-state index >= 15 is 0 Å². The smallest absolute Gasteiger partial charge is 0.275 e. The summed E-state index contributed by atoms with van der Waals surface area (Å²) >= 11 is 0. The lowest BCUT2D eigenvalue weighted by Crippen LogP contribution is -2.27. The van der Waals surface area contributed by atoms with Crippen molar-refractivity contribution in [2.24, 2.45) is 0 Å². The van der Waals surface area contributed by atoms with E-state index in [-0.39, 0.29) is 12.2 Å². The van der Waals surface area contributed by atoms with Gasteiger partial charge in [0.1, 0.15) is 5.75 Å². The summed E-state index contributed by atoms with van der Waals surface area (Å²) in [5, 5.41) is 13.6. The van der Waals surface area contributed by atoms with Crippen LogP contribution in [0.1, 0.15) is 0 Å². The molecule has 9 heteroatoms. The minimum Gasteiger partial charge on any atom is -0.496 e. The standard InChI is InChI=1S/C10H15N3O5S/c1-18-10-6-8(5-9(7-10)13(14)15)11-3-4-12-19(2,16)17/h5-7,11-12H,3-4H2,1-2H3. The van der Waals surface area contributed by atoms with Gasteiger partial charge in [-0.05, 0) is 0 Å². The molecule has 0 aliphatic carbocycles. The number of methoxy groups -OCH3 is 1. The molecule has 2 N–H and O–H groups in total. The molecular formula is C10H15N3O5S. The summed E-state index contributed by atoms with van der Waals surface area (Å²) in [6.45, 7) is 0.487. The highest BCUT2D eigenvalue weighted by atomic mass is 32.2. The van der Waals surface area contributed by atoms with Crippen molar-refractivity contribution in [1.82, 2.24) is 4.72 Å². The van der Waals surface area contributed by atoms with Gasteiger partial charge in [-0.2, -0.15) is 0 Å². The number of anilines is 1. The number of ether oxygens (including phenoxy) is 1. The molecule has 0 bridgehead atoms. The van der Waals surface area contributed by atoms with Gasteiger partial charge in [-0.1, -0.05) is 0 Å². The number of nitrogens with one attached hydrogen (secondary N) is 2. The quantitative estimate of drug-likeness (QED) is 0.431. The van der Waals surface area contributed by atoms with E-state index in [1.165, 1.54) is 19.2 Å². The van der Waals surface area contributed by atoms with Crippen LogP contribution in [0.4, 0.5) is 11.4 Å². The van der Waals surface area contributed by atoms with Gasteiger partial charge in [0.15, 0.2) is 0 Å². The summed E-state index contributed by atoms with van der Waals surface area (Å²) in [7, 11) is -1.83. The van der Waals surface area contributed by atoms with E-state index < -0.39 is 14.9 Å². The molecule has 0 saturated heterocycles. The molecule has 0 atom stereocenters. The first-order valence-corrected chi connectivity index (χ1v) is 7.23. The Morgan fingerprint density at radius 3 is 2.53 bits per heavy atom. The Hall–Kier alpha value is -1.87. The van der Waals surface area contributed by atoms with Crippen molar-refractivity contribution < 1.29 is 18.1 Å². The lowest BCUT2D eigenvalue weighted by Gasteiger charge is -2.08. The summed E-state index contributed by atoms with van der Waals surface area (Å²) in [6, 6.07) is 4.25. The van der Waals surface area contributed by atoms with E-state index in [1.807, 2.05) is 0 Å². The third kappa shape index (κ3) is 5.53. The zero-order chi connectivity index (χ0) is 14.5. The van der Waals surface area contributed by atoms with Crippen LogP contribution in [0.3, 0.4) is 0 Å². The van der Waals surface area contributed by atoms with Gasteiger partial charge in [0.25, 0.3) is 5.69 Å². The average Bonchev–Trinajstić information content (AvgIpc) is 2.33. The first-order chi connectivity index (χ1) is 8.81. The SMILES string of the molecule is COc1cc(NCCNS(C)(=O)=O)cc([N+](=O)[O-])c1. The van der Waals surface area contributed by atoms with Crippen LogP contribution >= 0.6 is 0 Å². The van der Waals surface area contributed by atoms with Crippen molar-refractivity contribution in [2.75, 3.05) is 31.8 Å². The van der Waals surface area contributed by atoms with Crippen molar-refractivity contribution in [2.45, 2.75) is 0 Å². The molecule has 8 nitrogen and oxygen atoms in total. The number of nitro benzene ring substituents is 1. The van der Waals surface area contributed by atoms with Crippen LogP contribution in [0.5, 0.6) is 5.75 Å². The molecule has 1 aromatic rings. The predicted octanol–water partition coefficient (Wildman–Crippen LogP) is 0.564. The molecule has 1 rings (SSSR count). The highest BCUT2D eigenvalue weighted by Crippen LogP contribution is 2.25. The fraction of sp³-hybridized carbons (Fsp3) is 0.400. The summed E-state index contributed by atoms with van der Waals surface area (Å²) < 4.78 is 28.9. The second kappa shape index (κ2) is 6.34. The third-order valence-electron chi connectivity index (χ3n) is 2.16. The minimum atomic E-state index is -3.24. The Kier molecular flexibility index (Phi) is 5.07. The van der Waals surface area contributed by atoms with Crippen molar-refractivity contribution in [3.8, 4) is 5.75 Å². The van der Waals surface area contributed by atoms with Gasteiger partial charge >= 0.3 is 0 Å². The van der Waals surface area contributed by atoms with Gasteiger partial charge in [-0.15, -0.1) is 0 Å². The van der Waals surface area contributed by atoms with E-state index in [0.717, 1.165) is 6.26 Å². The Balaban J connectivity index is 2.67. The monoisotopic (exact) mass is 289 g/mol. The van der Waals surface area contributed by atoms with Gasteiger partial charge < -0.3 is 10.1 Å². The lowest BCUT2D eigenvalue weighted by atomic mass is 10.2. The first-order valence-electron chi connectivity index (χ1n) is 5.34. The Morgan fingerprint density at radius 1 is 1.32 bits per heavy atom. The summed E-state index contributed by atoms with van der Waals surface area (Å²) in [5.41, 5.74) is 0.388. The van der Waals surface area contributed by atoms with Crippen molar-refractivity contribution in [3.05, 3.63) is 28.3 Å². The second-order valence-electron chi connectivity index (χ2n) is 3.77. The molecule has 0 saturated carbocycles. The zero-order valence-corrected chi connectivity index (χ0v) is 11.4. The highest BCUT2D eigenvalue weighted by molar-refractivity contribution is 7.88. The first kappa shape index (κ1) is 15.2. The summed E-state index contributed by atoms with van der Waals surface area (Å²) in [6.07, 6.45) is 1.06. The molecule has 0 aliphatic heterocycles. The lowest BCUT2D eigenvalue weighted by molar-refractivity contribution is -0.384. The number of hydrogen-bond acceptors (Lipinski definition) is 6. The van der Waals surface area contributed by atoms with Gasteiger partial charge in [-0.3, -0.25) is 10.1 Å². The van der Waals surface area contributed by atoms with Gasteiger partial charge in [0.2, 0.25) is 10.0 Å². The maximum Gasteiger partial charge on any atom is 0.275 e. The van der Waals surface area contributed by atoms with E-state index in [0.29, 0.717) is 18.0 Å². The van der Waals surface area contributed by atoms with Crippen LogP contribution in [0.2, 0.25) is 0 Å². The van der Waals surface area contributed by atoms with E-state index in [4.69, 9.17) is 4.74 Å². The number of hydrogen-bond donors (Lipinski definition) is 2. The molecule has 0 aromatic heterocycles. The number of nitrogens with zero attached hydrogens (tertiary/aromatic N) is 1. The van der Waals surface area contributed by atoms with Crippen LogP contribution in [-0.4, -0.2) is 39.8 Å². The fourth-order valence-corrected chi connectivity index (χ4v) is 1.82. The highest BCUT2D eigenvalue weighted by Gasteiger charge is 2.10. The molecule has 0 fully saturated rings. The minimum absolute atomic E-state index is 0.0991. The summed E-state index contributed by atoms with van der Waals surface area (Å²) in [4.78, 5) is 10.2. The Labute approximate surface area is 111 Å². The van der Waals surface area contributed by atoms with Crippen LogP contribution in [0.15, 0.2) is 18.2 Å². The maximum absolute atomic E-state index is 10.8. The van der Waals surface area contributed by atoms with E-state index in [9.17, 15) is 18.5 Å². The molecular weight excluding hydrogens is 274 g/mol. The molecule has 0 unspecified atom stereocenters. The van der Waals surface area contributed by atoms with Crippen molar-refractivity contribution in [1.29, 1.82) is 0 Å². The molecule has 0 radical (unpaired) electrons. The number of nitro groups is 1. The molecule has 0 spiro atoms. The van der Waals surface area contributed by atoms with Crippen LogP contribution < -0.4 is 14.8 Å².